The third-order valence-electron chi connectivity index (χ3n) is 4.73. The minimum atomic E-state index is -0.249. The first-order valence-electron chi connectivity index (χ1n) is 8.75. The number of nitrogens with zero attached hydrogens (tertiary/aromatic N) is 1. The molecule has 27 heavy (non-hydrogen) atoms. The van der Waals surface area contributed by atoms with Gasteiger partial charge in [0.25, 0.3) is 0 Å². The summed E-state index contributed by atoms with van der Waals surface area (Å²) >= 11 is 0. The number of nitrogens with one attached hydrogen (secondary N) is 2. The highest BCUT2D eigenvalue weighted by atomic mass is 19.1. The second-order valence-electron chi connectivity index (χ2n) is 6.51. The van der Waals surface area contributed by atoms with Crippen molar-refractivity contribution in [3.63, 3.8) is 0 Å². The van der Waals surface area contributed by atoms with E-state index in [-0.39, 0.29) is 5.82 Å². The molecule has 2 heterocycles. The van der Waals surface area contributed by atoms with Gasteiger partial charge >= 0.3 is 0 Å². The summed E-state index contributed by atoms with van der Waals surface area (Å²) in [6, 6.07) is 22.9. The van der Waals surface area contributed by atoms with Crippen LogP contribution < -0.4 is 5.32 Å². The molecule has 0 aliphatic rings. The molecule has 5 rings (SSSR count). The number of pyridine rings is 1. The summed E-state index contributed by atoms with van der Waals surface area (Å²) in [4.78, 5) is 7.74. The van der Waals surface area contributed by atoms with Crippen molar-refractivity contribution in [1.29, 1.82) is 0 Å². The highest BCUT2D eigenvalue weighted by Crippen LogP contribution is 2.30. The maximum absolute atomic E-state index is 13.3. The standard InChI is InChI=1S/C23H16FN3/c24-18-4-1-16(2-5-18)23-21-14-20(6-3-15(21)9-12-26-23)27-19-7-8-22-17(13-19)10-11-25-22/h1-14,25,27H. The second kappa shape index (κ2) is 6.25. The van der Waals surface area contributed by atoms with Crippen LogP contribution >= 0.6 is 0 Å². The van der Waals surface area contributed by atoms with E-state index >= 15 is 0 Å². The van der Waals surface area contributed by atoms with Crippen molar-refractivity contribution in [2.75, 3.05) is 5.32 Å². The van der Waals surface area contributed by atoms with Gasteiger partial charge in [-0.2, -0.15) is 0 Å². The minimum Gasteiger partial charge on any atom is -0.361 e. The smallest absolute Gasteiger partial charge is 0.123 e. The molecular formula is C23H16FN3. The molecule has 0 radical (unpaired) electrons. The SMILES string of the molecule is Fc1ccc(-c2nccc3ccc(Nc4ccc5[nH]ccc5c4)cc23)cc1. The van der Waals surface area contributed by atoms with Crippen molar-refractivity contribution in [2.24, 2.45) is 0 Å². The summed E-state index contributed by atoms with van der Waals surface area (Å²) in [5.74, 6) is -0.249. The molecule has 0 aliphatic carbocycles. The summed E-state index contributed by atoms with van der Waals surface area (Å²) in [5, 5.41) is 6.74. The van der Waals surface area contributed by atoms with Crippen LogP contribution in [0.2, 0.25) is 0 Å². The normalized spacial score (nSPS) is 11.1. The number of benzene rings is 3. The lowest BCUT2D eigenvalue weighted by atomic mass is 10.0. The van der Waals surface area contributed by atoms with Crippen molar-refractivity contribution in [2.45, 2.75) is 0 Å². The zero-order valence-electron chi connectivity index (χ0n) is 14.4. The minimum absolute atomic E-state index is 0.249. The fourth-order valence-corrected chi connectivity index (χ4v) is 3.38. The van der Waals surface area contributed by atoms with Crippen LogP contribution in [0.5, 0.6) is 0 Å². The maximum Gasteiger partial charge on any atom is 0.123 e. The van der Waals surface area contributed by atoms with Crippen molar-refractivity contribution < 1.29 is 4.39 Å². The average Bonchev–Trinajstić information content (AvgIpc) is 3.16. The van der Waals surface area contributed by atoms with Crippen LogP contribution in [-0.4, -0.2) is 9.97 Å². The van der Waals surface area contributed by atoms with Gasteiger partial charge in [-0.1, -0.05) is 6.07 Å². The van der Waals surface area contributed by atoms with E-state index < -0.39 is 0 Å². The molecule has 5 aromatic rings. The highest BCUT2D eigenvalue weighted by Gasteiger charge is 2.07. The number of rotatable bonds is 3. The fraction of sp³-hybridized carbons (Fsp3) is 0. The quantitative estimate of drug-likeness (QED) is 0.401. The van der Waals surface area contributed by atoms with E-state index in [4.69, 9.17) is 0 Å². The van der Waals surface area contributed by atoms with Gasteiger partial charge in [0.1, 0.15) is 5.82 Å². The predicted octanol–water partition coefficient (Wildman–Crippen LogP) is 6.27. The number of anilines is 2. The molecule has 0 saturated heterocycles. The summed E-state index contributed by atoms with van der Waals surface area (Å²) in [6.07, 6.45) is 3.72. The molecular weight excluding hydrogens is 337 g/mol. The first-order valence-corrected chi connectivity index (χ1v) is 8.75. The van der Waals surface area contributed by atoms with E-state index in [9.17, 15) is 4.39 Å². The number of H-pyrrole nitrogens is 1. The summed E-state index contributed by atoms with van der Waals surface area (Å²) < 4.78 is 13.3. The van der Waals surface area contributed by atoms with Gasteiger partial charge in [-0.05, 0) is 72.1 Å². The zero-order valence-corrected chi connectivity index (χ0v) is 14.4. The van der Waals surface area contributed by atoms with E-state index in [2.05, 4.69) is 51.7 Å². The Bertz CT molecular complexity index is 1260. The number of hydrogen-bond donors (Lipinski definition) is 2. The summed E-state index contributed by atoms with van der Waals surface area (Å²) in [5.41, 5.74) is 4.86. The van der Waals surface area contributed by atoms with Gasteiger partial charge in [0.2, 0.25) is 0 Å². The predicted molar refractivity (Wildman–Crippen MR) is 109 cm³/mol. The van der Waals surface area contributed by atoms with Crippen molar-refractivity contribution in [1.82, 2.24) is 9.97 Å². The van der Waals surface area contributed by atoms with Crippen LogP contribution in [0.4, 0.5) is 15.8 Å². The van der Waals surface area contributed by atoms with Gasteiger partial charge in [0.05, 0.1) is 5.69 Å². The van der Waals surface area contributed by atoms with Gasteiger partial charge in [0.15, 0.2) is 0 Å². The second-order valence-corrected chi connectivity index (χ2v) is 6.51. The Kier molecular flexibility index (Phi) is 3.61. The Morgan fingerprint density at radius 2 is 1.59 bits per heavy atom. The zero-order chi connectivity index (χ0) is 18.2. The highest BCUT2D eigenvalue weighted by molar-refractivity contribution is 5.97. The largest absolute Gasteiger partial charge is 0.361 e. The Hall–Kier alpha value is -3.66. The number of aromatic nitrogens is 2. The molecule has 0 fully saturated rings. The van der Waals surface area contributed by atoms with Gasteiger partial charge in [-0.25, -0.2) is 4.39 Å². The van der Waals surface area contributed by atoms with Crippen molar-refractivity contribution >= 4 is 33.1 Å². The Labute approximate surface area is 155 Å². The maximum atomic E-state index is 13.3. The molecule has 130 valence electrons. The van der Waals surface area contributed by atoms with E-state index in [0.29, 0.717) is 0 Å². The number of aromatic amines is 1. The van der Waals surface area contributed by atoms with Crippen LogP contribution in [0.25, 0.3) is 32.9 Å². The number of hydrogen-bond acceptors (Lipinski definition) is 2. The fourth-order valence-electron chi connectivity index (χ4n) is 3.38. The number of halogens is 1. The Morgan fingerprint density at radius 3 is 2.48 bits per heavy atom. The van der Waals surface area contributed by atoms with E-state index in [1.54, 1.807) is 18.3 Å². The van der Waals surface area contributed by atoms with Crippen LogP contribution in [-0.2, 0) is 0 Å². The molecule has 0 bridgehead atoms. The lowest BCUT2D eigenvalue weighted by Gasteiger charge is -2.10. The molecule has 0 unspecified atom stereocenters. The molecule has 0 atom stereocenters. The van der Waals surface area contributed by atoms with Gasteiger partial charge < -0.3 is 10.3 Å². The molecule has 0 aliphatic heterocycles. The van der Waals surface area contributed by atoms with Gasteiger partial charge in [-0.3, -0.25) is 4.98 Å². The van der Waals surface area contributed by atoms with Crippen LogP contribution in [0, 0.1) is 5.82 Å². The van der Waals surface area contributed by atoms with Gasteiger partial charge in [0, 0.05) is 45.6 Å². The van der Waals surface area contributed by atoms with Gasteiger partial charge in [-0.15, -0.1) is 0 Å². The molecule has 0 saturated carbocycles. The van der Waals surface area contributed by atoms with Crippen molar-refractivity contribution in [3.8, 4) is 11.3 Å². The summed E-state index contributed by atoms with van der Waals surface area (Å²) in [6.45, 7) is 0. The molecule has 2 aromatic heterocycles. The molecule has 0 amide bonds. The molecule has 4 heteroatoms. The number of fused-ring (bicyclic) bond motifs is 2. The Morgan fingerprint density at radius 1 is 0.778 bits per heavy atom. The molecule has 3 nitrogen and oxygen atoms in total. The lowest BCUT2D eigenvalue weighted by Crippen LogP contribution is -1.92. The Balaban J connectivity index is 1.57. The molecule has 3 aromatic carbocycles. The monoisotopic (exact) mass is 353 g/mol. The molecule has 2 N–H and O–H groups in total. The molecule has 0 spiro atoms. The summed E-state index contributed by atoms with van der Waals surface area (Å²) in [7, 11) is 0. The van der Waals surface area contributed by atoms with Crippen molar-refractivity contribution in [3.05, 3.63) is 91.0 Å². The van der Waals surface area contributed by atoms with E-state index in [0.717, 1.165) is 44.3 Å². The first kappa shape index (κ1) is 15.6. The van der Waals surface area contributed by atoms with Crippen LogP contribution in [0.1, 0.15) is 0 Å². The third-order valence-corrected chi connectivity index (χ3v) is 4.73. The van der Waals surface area contributed by atoms with Crippen LogP contribution in [0.15, 0.2) is 85.2 Å². The van der Waals surface area contributed by atoms with Crippen LogP contribution in [0.3, 0.4) is 0 Å². The topological polar surface area (TPSA) is 40.7 Å². The first-order chi connectivity index (χ1) is 13.3. The van der Waals surface area contributed by atoms with E-state index in [1.165, 1.54) is 12.1 Å². The average molecular weight is 353 g/mol. The third kappa shape index (κ3) is 2.91. The van der Waals surface area contributed by atoms with E-state index in [1.807, 2.05) is 18.3 Å². The lowest BCUT2D eigenvalue weighted by molar-refractivity contribution is 0.628.